The zero-order valence-electron chi connectivity index (χ0n) is 7.66. The molecular formula is C10H10BrNOS. The summed E-state index contributed by atoms with van der Waals surface area (Å²) in [5, 5.41) is 7.48. The molecule has 0 radical (unpaired) electrons. The first kappa shape index (κ1) is 9.96. The van der Waals surface area contributed by atoms with Crippen molar-refractivity contribution in [2.75, 3.05) is 7.05 Å². The molecule has 0 bridgehead atoms. The van der Waals surface area contributed by atoms with E-state index in [-0.39, 0.29) is 6.04 Å². The average Bonchev–Trinajstić information content (AvgIpc) is 2.80. The van der Waals surface area contributed by atoms with Crippen LogP contribution in [0.4, 0.5) is 0 Å². The van der Waals surface area contributed by atoms with E-state index in [0.717, 1.165) is 10.2 Å². The van der Waals surface area contributed by atoms with Crippen LogP contribution >= 0.6 is 27.3 Å². The first-order valence-electron chi connectivity index (χ1n) is 4.25. The normalized spacial score (nSPS) is 13.0. The van der Waals surface area contributed by atoms with Crippen LogP contribution < -0.4 is 5.32 Å². The van der Waals surface area contributed by atoms with E-state index in [1.54, 1.807) is 17.6 Å². The highest BCUT2D eigenvalue weighted by atomic mass is 79.9. The number of thiophene rings is 1. The summed E-state index contributed by atoms with van der Waals surface area (Å²) in [5.74, 6) is 0. The molecule has 14 heavy (non-hydrogen) atoms. The number of furan rings is 1. The number of halogens is 1. The zero-order valence-corrected chi connectivity index (χ0v) is 10.1. The third kappa shape index (κ3) is 1.78. The van der Waals surface area contributed by atoms with Crippen molar-refractivity contribution in [2.45, 2.75) is 6.04 Å². The van der Waals surface area contributed by atoms with Gasteiger partial charge in [0.05, 0.1) is 12.3 Å². The summed E-state index contributed by atoms with van der Waals surface area (Å²) in [6, 6.07) is 4.29. The average molecular weight is 272 g/mol. The maximum Gasteiger partial charge on any atom is 0.174 e. The molecule has 2 nitrogen and oxygen atoms in total. The summed E-state index contributed by atoms with van der Waals surface area (Å²) in [6.07, 6.45) is 1.69. The highest BCUT2D eigenvalue weighted by Gasteiger charge is 2.16. The Kier molecular flexibility index (Phi) is 3.05. The maximum absolute atomic E-state index is 5.23. The largest absolute Gasteiger partial charge is 0.457 e. The van der Waals surface area contributed by atoms with Crippen LogP contribution in [0.2, 0.25) is 0 Å². The molecule has 0 fully saturated rings. The maximum atomic E-state index is 5.23. The summed E-state index contributed by atoms with van der Waals surface area (Å²) in [6.45, 7) is 0. The summed E-state index contributed by atoms with van der Waals surface area (Å²) < 4.78 is 6.02. The second kappa shape index (κ2) is 4.29. The van der Waals surface area contributed by atoms with Gasteiger partial charge in [0, 0.05) is 5.56 Å². The van der Waals surface area contributed by atoms with Gasteiger partial charge in [0.15, 0.2) is 4.67 Å². The summed E-state index contributed by atoms with van der Waals surface area (Å²) >= 11 is 5.09. The highest BCUT2D eigenvalue weighted by molar-refractivity contribution is 9.10. The van der Waals surface area contributed by atoms with Crippen molar-refractivity contribution < 1.29 is 4.42 Å². The summed E-state index contributed by atoms with van der Waals surface area (Å²) in [7, 11) is 1.95. The van der Waals surface area contributed by atoms with E-state index < -0.39 is 0 Å². The topological polar surface area (TPSA) is 25.2 Å². The van der Waals surface area contributed by atoms with Crippen molar-refractivity contribution in [1.29, 1.82) is 0 Å². The Labute approximate surface area is 95.1 Å². The minimum absolute atomic E-state index is 0.203. The zero-order chi connectivity index (χ0) is 9.97. The van der Waals surface area contributed by atoms with Gasteiger partial charge in [-0.15, -0.1) is 0 Å². The lowest BCUT2D eigenvalue weighted by molar-refractivity contribution is 0.530. The van der Waals surface area contributed by atoms with E-state index in [9.17, 15) is 0 Å². The SMILES string of the molecule is CNC(c1ccsc1)c1ccoc1Br. The predicted octanol–water partition coefficient (Wildman–Crippen LogP) is 3.41. The first-order chi connectivity index (χ1) is 6.83. The molecule has 0 amide bonds. The first-order valence-corrected chi connectivity index (χ1v) is 5.98. The Morgan fingerprint density at radius 1 is 1.50 bits per heavy atom. The van der Waals surface area contributed by atoms with Crippen molar-refractivity contribution in [2.24, 2.45) is 0 Å². The molecule has 2 heterocycles. The van der Waals surface area contributed by atoms with Gasteiger partial charge in [-0.25, -0.2) is 0 Å². The quantitative estimate of drug-likeness (QED) is 0.926. The van der Waals surface area contributed by atoms with Crippen molar-refractivity contribution in [3.05, 3.63) is 45.0 Å². The van der Waals surface area contributed by atoms with E-state index in [2.05, 4.69) is 38.1 Å². The van der Waals surface area contributed by atoms with Crippen LogP contribution in [0.5, 0.6) is 0 Å². The van der Waals surface area contributed by atoms with Crippen LogP contribution in [0.25, 0.3) is 0 Å². The van der Waals surface area contributed by atoms with Gasteiger partial charge in [-0.2, -0.15) is 11.3 Å². The van der Waals surface area contributed by atoms with Gasteiger partial charge in [-0.3, -0.25) is 0 Å². The minimum atomic E-state index is 0.203. The molecule has 4 heteroatoms. The van der Waals surface area contributed by atoms with Gasteiger partial charge in [-0.1, -0.05) is 0 Å². The van der Waals surface area contributed by atoms with Gasteiger partial charge in [0.2, 0.25) is 0 Å². The molecule has 0 saturated carbocycles. The molecule has 2 rings (SSSR count). The molecular weight excluding hydrogens is 262 g/mol. The van der Waals surface area contributed by atoms with Crippen LogP contribution in [-0.4, -0.2) is 7.05 Å². The molecule has 0 aliphatic rings. The second-order valence-corrected chi connectivity index (χ2v) is 4.43. The second-order valence-electron chi connectivity index (χ2n) is 2.93. The molecule has 0 spiro atoms. The van der Waals surface area contributed by atoms with Gasteiger partial charge in [-0.05, 0) is 51.4 Å². The smallest absolute Gasteiger partial charge is 0.174 e. The Morgan fingerprint density at radius 2 is 2.36 bits per heavy atom. The van der Waals surface area contributed by atoms with Crippen molar-refractivity contribution in [1.82, 2.24) is 5.32 Å². The minimum Gasteiger partial charge on any atom is -0.457 e. The van der Waals surface area contributed by atoms with E-state index in [1.807, 2.05) is 13.1 Å². The number of hydrogen-bond donors (Lipinski definition) is 1. The van der Waals surface area contributed by atoms with Crippen LogP contribution in [0.1, 0.15) is 17.2 Å². The van der Waals surface area contributed by atoms with E-state index in [0.29, 0.717) is 0 Å². The monoisotopic (exact) mass is 271 g/mol. The fraction of sp³-hybridized carbons (Fsp3) is 0.200. The fourth-order valence-corrected chi connectivity index (χ4v) is 2.61. The molecule has 0 aromatic carbocycles. The Balaban J connectivity index is 2.36. The number of nitrogens with one attached hydrogen (secondary N) is 1. The lowest BCUT2D eigenvalue weighted by atomic mass is 10.1. The summed E-state index contributed by atoms with van der Waals surface area (Å²) in [4.78, 5) is 0. The van der Waals surface area contributed by atoms with Crippen molar-refractivity contribution >= 4 is 27.3 Å². The molecule has 1 atom stereocenters. The molecule has 0 aliphatic carbocycles. The molecule has 1 N–H and O–H groups in total. The lowest BCUT2D eigenvalue weighted by Crippen LogP contribution is -2.16. The van der Waals surface area contributed by atoms with E-state index in [4.69, 9.17) is 4.42 Å². The van der Waals surface area contributed by atoms with Crippen LogP contribution in [-0.2, 0) is 0 Å². The van der Waals surface area contributed by atoms with Gasteiger partial charge < -0.3 is 9.73 Å². The predicted molar refractivity (Wildman–Crippen MR) is 61.6 cm³/mol. The molecule has 2 aromatic rings. The Hall–Kier alpha value is -0.580. The van der Waals surface area contributed by atoms with Crippen LogP contribution in [0, 0.1) is 0 Å². The Bertz CT molecular complexity index is 396. The molecule has 2 aromatic heterocycles. The number of hydrogen-bond acceptors (Lipinski definition) is 3. The fourth-order valence-electron chi connectivity index (χ4n) is 1.45. The van der Waals surface area contributed by atoms with Crippen LogP contribution in [0.15, 0.2) is 38.2 Å². The molecule has 0 aliphatic heterocycles. The molecule has 0 saturated heterocycles. The van der Waals surface area contributed by atoms with Crippen molar-refractivity contribution in [3.63, 3.8) is 0 Å². The van der Waals surface area contributed by atoms with Crippen molar-refractivity contribution in [3.8, 4) is 0 Å². The highest BCUT2D eigenvalue weighted by Crippen LogP contribution is 2.30. The van der Waals surface area contributed by atoms with Crippen LogP contribution in [0.3, 0.4) is 0 Å². The molecule has 74 valence electrons. The standard InChI is InChI=1S/C10H10BrNOS/c1-12-9(7-3-5-14-6-7)8-2-4-13-10(8)11/h2-6,9,12H,1H3. The summed E-state index contributed by atoms with van der Waals surface area (Å²) in [5.41, 5.74) is 2.39. The Morgan fingerprint density at radius 3 is 2.86 bits per heavy atom. The molecule has 1 unspecified atom stereocenters. The van der Waals surface area contributed by atoms with Gasteiger partial charge in [0.25, 0.3) is 0 Å². The van der Waals surface area contributed by atoms with E-state index in [1.165, 1.54) is 5.56 Å². The van der Waals surface area contributed by atoms with E-state index >= 15 is 0 Å². The lowest BCUT2D eigenvalue weighted by Gasteiger charge is -2.13. The van der Waals surface area contributed by atoms with Gasteiger partial charge in [0.1, 0.15) is 0 Å². The number of rotatable bonds is 3. The van der Waals surface area contributed by atoms with Gasteiger partial charge >= 0.3 is 0 Å². The third-order valence-corrected chi connectivity index (χ3v) is 3.47. The third-order valence-electron chi connectivity index (χ3n) is 2.12.